The van der Waals surface area contributed by atoms with Crippen LogP contribution in [0, 0.1) is 0 Å². The van der Waals surface area contributed by atoms with Crippen molar-refractivity contribution in [3.05, 3.63) is 42.2 Å². The topological polar surface area (TPSA) is 60.0 Å². The van der Waals surface area contributed by atoms with Gasteiger partial charge in [0, 0.05) is 18.0 Å². The lowest BCUT2D eigenvalue weighted by Crippen LogP contribution is -2.19. The summed E-state index contributed by atoms with van der Waals surface area (Å²) in [5.41, 5.74) is 2.23. The normalized spacial score (nSPS) is 11.7. The number of hydrogen-bond acceptors (Lipinski definition) is 5. The molecule has 0 aliphatic carbocycles. The Hall–Kier alpha value is -2.42. The number of fused-ring (bicyclic) bond motifs is 1. The van der Waals surface area contributed by atoms with Gasteiger partial charge in [0.05, 0.1) is 23.8 Å². The van der Waals surface area contributed by atoms with Gasteiger partial charge in [-0.2, -0.15) is 13.2 Å². The SMILES string of the molecule is COc1c(OCC(F)(F)F)ccnc1CSc1nc2ccccc2[nH]1. The molecule has 0 aliphatic heterocycles. The fourth-order valence-electron chi connectivity index (χ4n) is 2.20. The summed E-state index contributed by atoms with van der Waals surface area (Å²) >= 11 is 1.37. The van der Waals surface area contributed by atoms with E-state index in [4.69, 9.17) is 9.47 Å². The zero-order valence-electron chi connectivity index (χ0n) is 13.1. The van der Waals surface area contributed by atoms with E-state index in [0.717, 1.165) is 11.0 Å². The lowest BCUT2D eigenvalue weighted by Gasteiger charge is -2.14. The Bertz CT molecular complexity index is 834. The number of ether oxygens (including phenoxy) is 2. The first-order valence-electron chi connectivity index (χ1n) is 7.25. The number of hydrogen-bond donors (Lipinski definition) is 1. The summed E-state index contributed by atoms with van der Waals surface area (Å²) in [6, 6.07) is 8.95. The molecular weight excluding hydrogens is 355 g/mol. The lowest BCUT2D eigenvalue weighted by atomic mass is 10.3. The van der Waals surface area contributed by atoms with E-state index in [9.17, 15) is 13.2 Å². The van der Waals surface area contributed by atoms with Crippen LogP contribution in [0.3, 0.4) is 0 Å². The first-order chi connectivity index (χ1) is 12.0. The number of para-hydroxylation sites is 2. The predicted octanol–water partition coefficient (Wildman–Crippen LogP) is 4.20. The molecule has 5 nitrogen and oxygen atoms in total. The molecule has 1 N–H and O–H groups in total. The molecule has 3 rings (SSSR count). The van der Waals surface area contributed by atoms with E-state index in [0.29, 0.717) is 16.6 Å². The highest BCUT2D eigenvalue weighted by Gasteiger charge is 2.29. The van der Waals surface area contributed by atoms with E-state index in [2.05, 4.69) is 15.0 Å². The van der Waals surface area contributed by atoms with Gasteiger partial charge in [0.1, 0.15) is 0 Å². The molecule has 0 fully saturated rings. The molecule has 0 bridgehead atoms. The molecule has 0 saturated heterocycles. The Labute approximate surface area is 145 Å². The van der Waals surface area contributed by atoms with Crippen LogP contribution in [-0.2, 0) is 5.75 Å². The lowest BCUT2D eigenvalue weighted by molar-refractivity contribution is -0.153. The van der Waals surface area contributed by atoms with Gasteiger partial charge in [-0.25, -0.2) is 4.98 Å². The van der Waals surface area contributed by atoms with Gasteiger partial charge in [0.15, 0.2) is 23.3 Å². The van der Waals surface area contributed by atoms with E-state index in [-0.39, 0.29) is 11.5 Å². The van der Waals surface area contributed by atoms with Crippen LogP contribution in [0.4, 0.5) is 13.2 Å². The smallest absolute Gasteiger partial charge is 0.422 e. The minimum Gasteiger partial charge on any atom is -0.491 e. The van der Waals surface area contributed by atoms with E-state index in [1.807, 2.05) is 24.3 Å². The number of alkyl halides is 3. The summed E-state index contributed by atoms with van der Waals surface area (Å²) in [6.07, 6.45) is -3.03. The molecule has 132 valence electrons. The Morgan fingerprint density at radius 3 is 2.72 bits per heavy atom. The van der Waals surface area contributed by atoms with Crippen molar-refractivity contribution in [3.8, 4) is 11.5 Å². The summed E-state index contributed by atoms with van der Waals surface area (Å²) in [6.45, 7) is -1.39. The van der Waals surface area contributed by atoms with E-state index in [1.54, 1.807) is 0 Å². The maximum absolute atomic E-state index is 12.4. The number of pyridine rings is 1. The molecule has 1 aromatic carbocycles. The van der Waals surface area contributed by atoms with Crippen LogP contribution in [0.5, 0.6) is 11.5 Å². The quantitative estimate of drug-likeness (QED) is 0.660. The molecule has 0 spiro atoms. The Balaban J connectivity index is 1.75. The molecular formula is C16H14F3N3O2S. The number of imidazole rings is 1. The summed E-state index contributed by atoms with van der Waals surface area (Å²) < 4.78 is 47.1. The second-order valence-electron chi connectivity index (χ2n) is 5.04. The van der Waals surface area contributed by atoms with Crippen molar-refractivity contribution in [3.63, 3.8) is 0 Å². The van der Waals surface area contributed by atoms with Crippen molar-refractivity contribution in [2.24, 2.45) is 0 Å². The molecule has 9 heteroatoms. The Kier molecular flexibility index (Phi) is 5.03. The number of H-pyrrole nitrogens is 1. The Morgan fingerprint density at radius 1 is 1.20 bits per heavy atom. The molecule has 25 heavy (non-hydrogen) atoms. The molecule has 0 radical (unpaired) electrons. The average Bonchev–Trinajstić information content (AvgIpc) is 3.00. The summed E-state index contributed by atoms with van der Waals surface area (Å²) in [5.74, 6) is 0.567. The minimum absolute atomic E-state index is 0.00929. The standard InChI is InChI=1S/C16H14F3N3O2S/c1-23-14-12(20-7-6-13(14)24-9-16(17,18)19)8-25-15-21-10-4-2-3-5-11(10)22-15/h2-7H,8-9H2,1H3,(H,21,22). The van der Waals surface area contributed by atoms with Gasteiger partial charge in [-0.05, 0) is 12.1 Å². The third-order valence-electron chi connectivity index (χ3n) is 3.25. The highest BCUT2D eigenvalue weighted by atomic mass is 32.2. The van der Waals surface area contributed by atoms with Crippen LogP contribution in [-0.4, -0.2) is 34.8 Å². The van der Waals surface area contributed by atoms with Gasteiger partial charge < -0.3 is 14.5 Å². The number of rotatable bonds is 6. The summed E-state index contributed by atoms with van der Waals surface area (Å²) in [5, 5.41) is 0.687. The van der Waals surface area contributed by atoms with Gasteiger partial charge in [0.25, 0.3) is 0 Å². The summed E-state index contributed by atoms with van der Waals surface area (Å²) in [7, 11) is 1.37. The number of halogens is 3. The fourth-order valence-corrected chi connectivity index (χ4v) is 3.02. The van der Waals surface area contributed by atoms with E-state index < -0.39 is 12.8 Å². The van der Waals surface area contributed by atoms with Crippen molar-refractivity contribution < 1.29 is 22.6 Å². The number of aromatic amines is 1. The van der Waals surface area contributed by atoms with Crippen molar-refractivity contribution in [1.29, 1.82) is 0 Å². The van der Waals surface area contributed by atoms with Crippen LogP contribution >= 0.6 is 11.8 Å². The number of benzene rings is 1. The number of thioether (sulfide) groups is 1. The highest BCUT2D eigenvalue weighted by molar-refractivity contribution is 7.98. The minimum atomic E-state index is -4.42. The molecule has 0 amide bonds. The second-order valence-corrected chi connectivity index (χ2v) is 6.00. The summed E-state index contributed by atoms with van der Waals surface area (Å²) in [4.78, 5) is 11.8. The molecule has 2 heterocycles. The van der Waals surface area contributed by atoms with Crippen LogP contribution < -0.4 is 9.47 Å². The van der Waals surface area contributed by atoms with Crippen molar-refractivity contribution in [2.45, 2.75) is 17.1 Å². The molecule has 2 aromatic heterocycles. The monoisotopic (exact) mass is 369 g/mol. The zero-order valence-corrected chi connectivity index (χ0v) is 13.9. The van der Waals surface area contributed by atoms with Gasteiger partial charge in [-0.1, -0.05) is 23.9 Å². The number of methoxy groups -OCH3 is 1. The molecule has 0 saturated carbocycles. The second kappa shape index (κ2) is 7.22. The molecule has 0 unspecified atom stereocenters. The maximum atomic E-state index is 12.4. The first-order valence-corrected chi connectivity index (χ1v) is 8.24. The molecule has 0 aliphatic rings. The van der Waals surface area contributed by atoms with Crippen molar-refractivity contribution in [2.75, 3.05) is 13.7 Å². The predicted molar refractivity (Wildman–Crippen MR) is 88.0 cm³/mol. The van der Waals surface area contributed by atoms with E-state index in [1.165, 1.54) is 31.1 Å². The van der Waals surface area contributed by atoms with Crippen LogP contribution in [0.15, 0.2) is 41.7 Å². The number of aromatic nitrogens is 3. The van der Waals surface area contributed by atoms with Gasteiger partial charge >= 0.3 is 6.18 Å². The third-order valence-corrected chi connectivity index (χ3v) is 4.14. The zero-order chi connectivity index (χ0) is 17.9. The van der Waals surface area contributed by atoms with Gasteiger partial charge in [0.2, 0.25) is 0 Å². The highest BCUT2D eigenvalue weighted by Crippen LogP contribution is 2.34. The van der Waals surface area contributed by atoms with Gasteiger partial charge in [-0.3, -0.25) is 4.98 Å². The number of nitrogens with zero attached hydrogens (tertiary/aromatic N) is 2. The van der Waals surface area contributed by atoms with Crippen molar-refractivity contribution >= 4 is 22.8 Å². The fraction of sp³-hybridized carbons (Fsp3) is 0.250. The van der Waals surface area contributed by atoms with Crippen LogP contribution in [0.25, 0.3) is 11.0 Å². The number of nitrogens with one attached hydrogen (secondary N) is 1. The average molecular weight is 369 g/mol. The third kappa shape index (κ3) is 4.36. The van der Waals surface area contributed by atoms with Crippen LogP contribution in [0.1, 0.15) is 5.69 Å². The molecule has 3 aromatic rings. The van der Waals surface area contributed by atoms with Gasteiger partial charge in [-0.15, -0.1) is 0 Å². The first kappa shape index (κ1) is 17.4. The van der Waals surface area contributed by atoms with E-state index >= 15 is 0 Å². The van der Waals surface area contributed by atoms with Crippen LogP contribution in [0.2, 0.25) is 0 Å². The maximum Gasteiger partial charge on any atom is 0.422 e. The van der Waals surface area contributed by atoms with Crippen molar-refractivity contribution in [1.82, 2.24) is 15.0 Å². The molecule has 0 atom stereocenters. The largest absolute Gasteiger partial charge is 0.491 e. The Morgan fingerprint density at radius 2 is 2.00 bits per heavy atom.